The minimum absolute atomic E-state index is 0.620. The Hall–Kier alpha value is -1.77. The number of para-hydroxylation sites is 1. The molecule has 0 fully saturated rings. The standard InChI is InChI=1S/C11H12N2O/c1-13(2)10-5-3-4-8-6-9(7-14)12-11(8)10/h3-7,12H,1-2H3. The first-order chi connectivity index (χ1) is 6.72. The monoisotopic (exact) mass is 188 g/mol. The zero-order valence-corrected chi connectivity index (χ0v) is 8.24. The summed E-state index contributed by atoms with van der Waals surface area (Å²) in [5.74, 6) is 0. The molecule has 1 aromatic heterocycles. The van der Waals surface area contributed by atoms with Crippen molar-refractivity contribution in [2.45, 2.75) is 0 Å². The zero-order chi connectivity index (χ0) is 10.1. The van der Waals surface area contributed by atoms with Gasteiger partial charge in [-0.25, -0.2) is 0 Å². The minimum Gasteiger partial charge on any atom is -0.376 e. The van der Waals surface area contributed by atoms with Crippen LogP contribution in [0.4, 0.5) is 5.69 Å². The van der Waals surface area contributed by atoms with Crippen LogP contribution in [-0.4, -0.2) is 25.4 Å². The van der Waals surface area contributed by atoms with E-state index >= 15 is 0 Å². The Morgan fingerprint density at radius 1 is 1.36 bits per heavy atom. The molecule has 0 unspecified atom stereocenters. The summed E-state index contributed by atoms with van der Waals surface area (Å²) in [6, 6.07) is 7.86. The first-order valence-corrected chi connectivity index (χ1v) is 4.46. The Labute approximate surface area is 82.3 Å². The number of nitrogens with zero attached hydrogens (tertiary/aromatic N) is 1. The van der Waals surface area contributed by atoms with E-state index in [0.717, 1.165) is 22.9 Å². The van der Waals surface area contributed by atoms with Crippen LogP contribution in [0.15, 0.2) is 24.3 Å². The van der Waals surface area contributed by atoms with Crippen molar-refractivity contribution < 1.29 is 4.79 Å². The van der Waals surface area contributed by atoms with Crippen LogP contribution in [-0.2, 0) is 0 Å². The van der Waals surface area contributed by atoms with Gasteiger partial charge in [0.25, 0.3) is 0 Å². The number of anilines is 1. The van der Waals surface area contributed by atoms with Gasteiger partial charge in [-0.05, 0) is 12.1 Å². The summed E-state index contributed by atoms with van der Waals surface area (Å²) < 4.78 is 0. The van der Waals surface area contributed by atoms with Gasteiger partial charge in [-0.3, -0.25) is 4.79 Å². The number of hydrogen-bond donors (Lipinski definition) is 1. The summed E-state index contributed by atoms with van der Waals surface area (Å²) in [7, 11) is 3.96. The number of carbonyl (C=O) groups is 1. The summed E-state index contributed by atoms with van der Waals surface area (Å²) >= 11 is 0. The highest BCUT2D eigenvalue weighted by Crippen LogP contribution is 2.24. The molecule has 72 valence electrons. The van der Waals surface area contributed by atoms with Crippen molar-refractivity contribution in [1.82, 2.24) is 4.98 Å². The van der Waals surface area contributed by atoms with Gasteiger partial charge in [0.15, 0.2) is 6.29 Å². The summed E-state index contributed by atoms with van der Waals surface area (Å²) in [5.41, 5.74) is 2.73. The lowest BCUT2D eigenvalue weighted by atomic mass is 10.2. The number of aromatic amines is 1. The Balaban J connectivity index is 2.72. The summed E-state index contributed by atoms with van der Waals surface area (Å²) in [6.45, 7) is 0. The Bertz CT molecular complexity index is 471. The number of hydrogen-bond acceptors (Lipinski definition) is 2. The Morgan fingerprint density at radius 3 is 2.79 bits per heavy atom. The molecule has 1 aromatic carbocycles. The molecule has 2 aromatic rings. The average molecular weight is 188 g/mol. The smallest absolute Gasteiger partial charge is 0.166 e. The number of aromatic nitrogens is 1. The lowest BCUT2D eigenvalue weighted by molar-refractivity contribution is 0.112. The maximum Gasteiger partial charge on any atom is 0.166 e. The van der Waals surface area contributed by atoms with Crippen LogP contribution in [0.2, 0.25) is 0 Å². The fraction of sp³-hybridized carbons (Fsp3) is 0.182. The molecule has 0 aliphatic heterocycles. The van der Waals surface area contributed by atoms with Crippen LogP contribution in [0.5, 0.6) is 0 Å². The van der Waals surface area contributed by atoms with Crippen molar-refractivity contribution >= 4 is 22.9 Å². The topological polar surface area (TPSA) is 36.1 Å². The molecule has 0 saturated heterocycles. The second-order valence-corrected chi connectivity index (χ2v) is 3.48. The number of carbonyl (C=O) groups excluding carboxylic acids is 1. The molecule has 0 atom stereocenters. The molecule has 3 nitrogen and oxygen atoms in total. The van der Waals surface area contributed by atoms with Crippen molar-refractivity contribution in [3.05, 3.63) is 30.0 Å². The van der Waals surface area contributed by atoms with Crippen LogP contribution in [0.25, 0.3) is 10.9 Å². The zero-order valence-electron chi connectivity index (χ0n) is 8.24. The van der Waals surface area contributed by atoms with Crippen molar-refractivity contribution in [2.24, 2.45) is 0 Å². The van der Waals surface area contributed by atoms with Gasteiger partial charge in [0, 0.05) is 19.5 Å². The van der Waals surface area contributed by atoms with Gasteiger partial charge >= 0.3 is 0 Å². The SMILES string of the molecule is CN(C)c1cccc2cc(C=O)[nH]c12. The highest BCUT2D eigenvalue weighted by Gasteiger charge is 2.05. The number of H-pyrrole nitrogens is 1. The van der Waals surface area contributed by atoms with Crippen LogP contribution in [0.1, 0.15) is 10.5 Å². The van der Waals surface area contributed by atoms with E-state index in [0.29, 0.717) is 5.69 Å². The number of nitrogens with one attached hydrogen (secondary N) is 1. The van der Waals surface area contributed by atoms with Crippen LogP contribution >= 0.6 is 0 Å². The molecule has 2 rings (SSSR count). The second-order valence-electron chi connectivity index (χ2n) is 3.48. The van der Waals surface area contributed by atoms with E-state index in [9.17, 15) is 4.79 Å². The minimum atomic E-state index is 0.620. The molecule has 0 spiro atoms. The van der Waals surface area contributed by atoms with Gasteiger partial charge < -0.3 is 9.88 Å². The normalized spacial score (nSPS) is 10.4. The molecule has 0 saturated carbocycles. The number of fused-ring (bicyclic) bond motifs is 1. The summed E-state index contributed by atoms with van der Waals surface area (Å²) in [6.07, 6.45) is 0.833. The van der Waals surface area contributed by atoms with Crippen LogP contribution < -0.4 is 4.90 Å². The molecular weight excluding hydrogens is 176 g/mol. The van der Waals surface area contributed by atoms with E-state index < -0.39 is 0 Å². The maximum atomic E-state index is 10.6. The molecule has 1 heterocycles. The Kier molecular flexibility index (Phi) is 2.00. The number of aldehydes is 1. The van der Waals surface area contributed by atoms with Gasteiger partial charge in [-0.2, -0.15) is 0 Å². The molecule has 0 radical (unpaired) electrons. The highest BCUT2D eigenvalue weighted by molar-refractivity contribution is 5.95. The largest absolute Gasteiger partial charge is 0.376 e. The molecule has 1 N–H and O–H groups in total. The molecule has 0 aliphatic rings. The molecule has 14 heavy (non-hydrogen) atoms. The van der Waals surface area contributed by atoms with Crippen LogP contribution in [0, 0.1) is 0 Å². The van der Waals surface area contributed by atoms with E-state index in [-0.39, 0.29) is 0 Å². The van der Waals surface area contributed by atoms with E-state index in [1.807, 2.05) is 43.3 Å². The summed E-state index contributed by atoms with van der Waals surface area (Å²) in [4.78, 5) is 15.7. The van der Waals surface area contributed by atoms with E-state index in [1.54, 1.807) is 0 Å². The third-order valence-electron chi connectivity index (χ3n) is 2.26. The van der Waals surface area contributed by atoms with Crippen molar-refractivity contribution in [3.8, 4) is 0 Å². The average Bonchev–Trinajstić information content (AvgIpc) is 2.59. The van der Waals surface area contributed by atoms with E-state index in [4.69, 9.17) is 0 Å². The first-order valence-electron chi connectivity index (χ1n) is 4.46. The number of rotatable bonds is 2. The van der Waals surface area contributed by atoms with Gasteiger partial charge in [0.2, 0.25) is 0 Å². The molecule has 3 heteroatoms. The quantitative estimate of drug-likeness (QED) is 0.732. The molecular formula is C11H12N2O. The van der Waals surface area contributed by atoms with Gasteiger partial charge in [0.05, 0.1) is 16.9 Å². The van der Waals surface area contributed by atoms with Gasteiger partial charge in [-0.15, -0.1) is 0 Å². The number of benzene rings is 1. The highest BCUT2D eigenvalue weighted by atomic mass is 16.1. The first kappa shape index (κ1) is 8.81. The molecule has 0 amide bonds. The van der Waals surface area contributed by atoms with Crippen molar-refractivity contribution in [2.75, 3.05) is 19.0 Å². The van der Waals surface area contributed by atoms with E-state index in [2.05, 4.69) is 4.98 Å². The fourth-order valence-corrected chi connectivity index (χ4v) is 1.60. The predicted octanol–water partition coefficient (Wildman–Crippen LogP) is 2.05. The Morgan fingerprint density at radius 2 is 2.14 bits per heavy atom. The van der Waals surface area contributed by atoms with Gasteiger partial charge in [0.1, 0.15) is 0 Å². The van der Waals surface area contributed by atoms with E-state index in [1.165, 1.54) is 0 Å². The molecule has 0 bridgehead atoms. The summed E-state index contributed by atoms with van der Waals surface area (Å²) in [5, 5.41) is 1.07. The van der Waals surface area contributed by atoms with Crippen molar-refractivity contribution in [3.63, 3.8) is 0 Å². The maximum absolute atomic E-state index is 10.6. The van der Waals surface area contributed by atoms with Crippen LogP contribution in [0.3, 0.4) is 0 Å². The lowest BCUT2D eigenvalue weighted by Gasteiger charge is -2.12. The third kappa shape index (κ3) is 1.27. The molecule has 0 aliphatic carbocycles. The fourth-order valence-electron chi connectivity index (χ4n) is 1.60. The lowest BCUT2D eigenvalue weighted by Crippen LogP contribution is -2.08. The van der Waals surface area contributed by atoms with Crippen molar-refractivity contribution in [1.29, 1.82) is 0 Å². The third-order valence-corrected chi connectivity index (χ3v) is 2.26. The predicted molar refractivity (Wildman–Crippen MR) is 58.0 cm³/mol. The second kappa shape index (κ2) is 3.18. The van der Waals surface area contributed by atoms with Gasteiger partial charge in [-0.1, -0.05) is 12.1 Å².